The molecular weight excluding hydrogens is 294 g/mol. The molecule has 0 aromatic carbocycles. The number of likely N-dealkylation sites (tertiary alicyclic amines) is 1. The predicted octanol–water partition coefficient (Wildman–Crippen LogP) is 3.56. The molecule has 1 aliphatic heterocycles. The Hall–Kier alpha value is -2.14. The maximum atomic E-state index is 12.5. The third kappa shape index (κ3) is 3.20. The topological polar surface area (TPSA) is 45.2 Å². The van der Waals surface area contributed by atoms with Gasteiger partial charge in [-0.15, -0.1) is 11.3 Å². The molecule has 2 aromatic heterocycles. The zero-order valence-electron chi connectivity index (χ0n) is 12.5. The van der Waals surface area contributed by atoms with E-state index in [1.807, 2.05) is 47.7 Å². The molecule has 5 heteroatoms. The molecule has 1 saturated heterocycles. The summed E-state index contributed by atoms with van der Waals surface area (Å²) in [6.07, 6.45) is 7.42. The average molecular weight is 313 g/mol. The first-order valence-corrected chi connectivity index (χ1v) is 8.32. The molecule has 0 spiro atoms. The number of carbonyl (C=O) groups excluding carboxylic acids is 1. The minimum absolute atomic E-state index is 0.0821. The largest absolute Gasteiger partial charge is 0.373 e. The number of hydrogen-bond donors (Lipinski definition) is 1. The van der Waals surface area contributed by atoms with Gasteiger partial charge in [-0.25, -0.2) is 4.98 Å². The normalized spacial score (nSPS) is 18.0. The molecule has 0 bridgehead atoms. The van der Waals surface area contributed by atoms with Crippen molar-refractivity contribution >= 4 is 29.1 Å². The van der Waals surface area contributed by atoms with E-state index in [0.29, 0.717) is 0 Å². The fourth-order valence-corrected chi connectivity index (χ4v) is 3.42. The van der Waals surface area contributed by atoms with Gasteiger partial charge in [0, 0.05) is 30.7 Å². The summed E-state index contributed by atoms with van der Waals surface area (Å²) in [5.74, 6) is 0.921. The highest BCUT2D eigenvalue weighted by atomic mass is 32.1. The Morgan fingerprint density at radius 2 is 2.41 bits per heavy atom. The lowest BCUT2D eigenvalue weighted by atomic mass is 10.1. The Morgan fingerprint density at radius 1 is 1.50 bits per heavy atom. The smallest absolute Gasteiger partial charge is 0.247 e. The molecule has 1 N–H and O–H groups in total. The van der Waals surface area contributed by atoms with Gasteiger partial charge in [-0.2, -0.15) is 0 Å². The molecule has 1 fully saturated rings. The molecule has 1 aliphatic rings. The second-order valence-corrected chi connectivity index (χ2v) is 6.24. The van der Waals surface area contributed by atoms with E-state index in [2.05, 4.69) is 10.3 Å². The lowest BCUT2D eigenvalue weighted by Gasteiger charge is -2.24. The van der Waals surface area contributed by atoms with Gasteiger partial charge in [-0.05, 0) is 48.1 Å². The number of nitrogens with zero attached hydrogens (tertiary/aromatic N) is 2. The standard InChI is InChI=1S/C17H19N3OS/c1-18-16-12-13(8-9-19-16)15-5-2-10-20(15)17(21)7-6-14-4-3-11-22-14/h3-4,6-9,11-12,15H,2,5,10H2,1H3,(H,18,19)/b7-6+. The van der Waals surface area contributed by atoms with Gasteiger partial charge in [-0.1, -0.05) is 6.07 Å². The van der Waals surface area contributed by atoms with E-state index in [1.165, 1.54) is 0 Å². The van der Waals surface area contributed by atoms with Crippen LogP contribution in [0, 0.1) is 0 Å². The molecular formula is C17H19N3OS. The number of anilines is 1. The van der Waals surface area contributed by atoms with Gasteiger partial charge in [0.2, 0.25) is 5.91 Å². The first-order valence-electron chi connectivity index (χ1n) is 7.44. The Balaban J connectivity index is 1.76. The van der Waals surface area contributed by atoms with Crippen LogP contribution >= 0.6 is 11.3 Å². The van der Waals surface area contributed by atoms with Crippen molar-refractivity contribution in [3.05, 3.63) is 52.4 Å². The Kier molecular flexibility index (Phi) is 4.53. The summed E-state index contributed by atoms with van der Waals surface area (Å²) in [6, 6.07) is 8.18. The zero-order chi connectivity index (χ0) is 15.4. The van der Waals surface area contributed by atoms with E-state index in [-0.39, 0.29) is 11.9 Å². The average Bonchev–Trinajstić information content (AvgIpc) is 3.24. The first kappa shape index (κ1) is 14.8. The summed E-state index contributed by atoms with van der Waals surface area (Å²) in [5, 5.41) is 5.06. The molecule has 0 saturated carbocycles. The number of pyridine rings is 1. The van der Waals surface area contributed by atoms with Gasteiger partial charge in [0.15, 0.2) is 0 Å². The quantitative estimate of drug-likeness (QED) is 0.878. The molecule has 3 rings (SSSR count). The van der Waals surface area contributed by atoms with Crippen molar-refractivity contribution in [2.45, 2.75) is 18.9 Å². The summed E-state index contributed by atoms with van der Waals surface area (Å²) in [6.45, 7) is 0.815. The van der Waals surface area contributed by atoms with Crippen molar-refractivity contribution in [2.24, 2.45) is 0 Å². The third-order valence-electron chi connectivity index (χ3n) is 3.89. The van der Waals surface area contributed by atoms with E-state index in [9.17, 15) is 4.79 Å². The molecule has 3 heterocycles. The number of thiophene rings is 1. The van der Waals surface area contributed by atoms with Crippen molar-refractivity contribution in [3.8, 4) is 0 Å². The van der Waals surface area contributed by atoms with Crippen molar-refractivity contribution in [3.63, 3.8) is 0 Å². The van der Waals surface area contributed by atoms with Crippen LogP contribution in [0.5, 0.6) is 0 Å². The van der Waals surface area contributed by atoms with E-state index >= 15 is 0 Å². The highest BCUT2D eigenvalue weighted by molar-refractivity contribution is 7.10. The van der Waals surface area contributed by atoms with Gasteiger partial charge in [0.05, 0.1) is 6.04 Å². The summed E-state index contributed by atoms with van der Waals surface area (Å²) in [7, 11) is 1.85. The van der Waals surface area contributed by atoms with E-state index in [0.717, 1.165) is 35.6 Å². The fraction of sp³-hybridized carbons (Fsp3) is 0.294. The molecule has 0 aliphatic carbocycles. The minimum Gasteiger partial charge on any atom is -0.373 e. The van der Waals surface area contributed by atoms with Gasteiger partial charge in [0.25, 0.3) is 0 Å². The summed E-state index contributed by atoms with van der Waals surface area (Å²) >= 11 is 1.64. The fourth-order valence-electron chi connectivity index (χ4n) is 2.80. The van der Waals surface area contributed by atoms with E-state index in [1.54, 1.807) is 23.6 Å². The van der Waals surface area contributed by atoms with Gasteiger partial charge < -0.3 is 10.2 Å². The Bertz CT molecular complexity index is 666. The van der Waals surface area contributed by atoms with E-state index < -0.39 is 0 Å². The molecule has 1 amide bonds. The minimum atomic E-state index is 0.0821. The lowest BCUT2D eigenvalue weighted by Crippen LogP contribution is -2.28. The first-order chi connectivity index (χ1) is 10.8. The summed E-state index contributed by atoms with van der Waals surface area (Å²) in [4.78, 5) is 19.8. The number of carbonyl (C=O) groups is 1. The number of amides is 1. The van der Waals surface area contributed by atoms with Crippen LogP contribution in [0.2, 0.25) is 0 Å². The molecule has 4 nitrogen and oxygen atoms in total. The van der Waals surface area contributed by atoms with Gasteiger partial charge in [-0.3, -0.25) is 4.79 Å². The van der Waals surface area contributed by atoms with Crippen LogP contribution in [0.25, 0.3) is 6.08 Å². The highest BCUT2D eigenvalue weighted by Crippen LogP contribution is 2.32. The predicted molar refractivity (Wildman–Crippen MR) is 90.8 cm³/mol. The lowest BCUT2D eigenvalue weighted by molar-refractivity contribution is -0.126. The van der Waals surface area contributed by atoms with Crippen LogP contribution < -0.4 is 5.32 Å². The molecule has 22 heavy (non-hydrogen) atoms. The van der Waals surface area contributed by atoms with Crippen molar-refractivity contribution in [1.82, 2.24) is 9.88 Å². The van der Waals surface area contributed by atoms with Crippen LogP contribution in [-0.4, -0.2) is 29.4 Å². The SMILES string of the molecule is CNc1cc(C2CCCN2C(=O)/C=C/c2cccs2)ccn1. The monoisotopic (exact) mass is 313 g/mol. The highest BCUT2D eigenvalue weighted by Gasteiger charge is 2.28. The van der Waals surface area contributed by atoms with Gasteiger partial charge in [0.1, 0.15) is 5.82 Å². The molecule has 1 unspecified atom stereocenters. The molecule has 2 aromatic rings. The summed E-state index contributed by atoms with van der Waals surface area (Å²) in [5.41, 5.74) is 1.15. The van der Waals surface area contributed by atoms with Crippen molar-refractivity contribution in [2.75, 3.05) is 18.9 Å². The Labute approximate surface area is 134 Å². The molecule has 114 valence electrons. The summed E-state index contributed by atoms with van der Waals surface area (Å²) < 4.78 is 0. The van der Waals surface area contributed by atoms with Crippen molar-refractivity contribution < 1.29 is 4.79 Å². The maximum Gasteiger partial charge on any atom is 0.247 e. The van der Waals surface area contributed by atoms with Crippen LogP contribution in [0.4, 0.5) is 5.82 Å². The van der Waals surface area contributed by atoms with Crippen LogP contribution in [-0.2, 0) is 4.79 Å². The van der Waals surface area contributed by atoms with Crippen LogP contribution in [0.15, 0.2) is 41.9 Å². The number of rotatable bonds is 4. The zero-order valence-corrected chi connectivity index (χ0v) is 13.3. The van der Waals surface area contributed by atoms with E-state index in [4.69, 9.17) is 0 Å². The second-order valence-electron chi connectivity index (χ2n) is 5.26. The molecule has 0 radical (unpaired) electrons. The van der Waals surface area contributed by atoms with Gasteiger partial charge >= 0.3 is 0 Å². The number of hydrogen-bond acceptors (Lipinski definition) is 4. The maximum absolute atomic E-state index is 12.5. The third-order valence-corrected chi connectivity index (χ3v) is 4.73. The second kappa shape index (κ2) is 6.75. The Morgan fingerprint density at radius 3 is 3.18 bits per heavy atom. The van der Waals surface area contributed by atoms with Crippen LogP contribution in [0.1, 0.15) is 29.3 Å². The molecule has 1 atom stereocenters. The van der Waals surface area contributed by atoms with Crippen molar-refractivity contribution in [1.29, 1.82) is 0 Å². The number of aromatic nitrogens is 1. The number of nitrogens with one attached hydrogen (secondary N) is 1. The van der Waals surface area contributed by atoms with Crippen LogP contribution in [0.3, 0.4) is 0 Å².